The zero-order valence-electron chi connectivity index (χ0n) is 9.33. The first-order valence-corrected chi connectivity index (χ1v) is 5.64. The molecule has 0 saturated carbocycles. The van der Waals surface area contributed by atoms with Crippen LogP contribution in [0.15, 0.2) is 0 Å². The standard InChI is InChI=1S/C8H20BO3P/c1-7(2,3)13(8(4,5)6)12-9(10)11/h10-11H,1-6H3. The average Bonchev–Trinajstić information content (AvgIpc) is 1.77. The van der Waals surface area contributed by atoms with E-state index in [1.165, 1.54) is 0 Å². The van der Waals surface area contributed by atoms with Crippen LogP contribution >= 0.6 is 8.15 Å². The van der Waals surface area contributed by atoms with E-state index in [0.29, 0.717) is 0 Å². The van der Waals surface area contributed by atoms with Crippen molar-refractivity contribution in [3.05, 3.63) is 0 Å². The van der Waals surface area contributed by atoms with Gasteiger partial charge < -0.3 is 14.5 Å². The first-order valence-electron chi connectivity index (χ1n) is 4.38. The molecule has 13 heavy (non-hydrogen) atoms. The summed E-state index contributed by atoms with van der Waals surface area (Å²) in [7, 11) is -2.54. The summed E-state index contributed by atoms with van der Waals surface area (Å²) in [5.74, 6) is 0. The molecule has 0 bridgehead atoms. The molecular formula is C8H20BO3P. The Labute approximate surface area is 82.5 Å². The Morgan fingerprint density at radius 1 is 0.923 bits per heavy atom. The van der Waals surface area contributed by atoms with Crippen LogP contribution in [0.2, 0.25) is 0 Å². The van der Waals surface area contributed by atoms with E-state index in [4.69, 9.17) is 14.5 Å². The summed E-state index contributed by atoms with van der Waals surface area (Å²) in [5, 5.41) is 17.5. The topological polar surface area (TPSA) is 49.7 Å². The maximum absolute atomic E-state index is 8.80. The SMILES string of the molecule is CC(C)(C)P(OB(O)O)C(C)(C)C. The van der Waals surface area contributed by atoms with E-state index in [0.717, 1.165) is 0 Å². The van der Waals surface area contributed by atoms with Gasteiger partial charge >= 0.3 is 7.32 Å². The molecule has 0 unspecified atom stereocenters. The minimum absolute atomic E-state index is 0.0444. The highest BCUT2D eigenvalue weighted by Crippen LogP contribution is 2.59. The molecule has 78 valence electrons. The second-order valence-electron chi connectivity index (χ2n) is 5.07. The Kier molecular flexibility index (Phi) is 4.39. The van der Waals surface area contributed by atoms with Crippen LogP contribution in [0.25, 0.3) is 0 Å². The number of hydrogen-bond donors (Lipinski definition) is 2. The van der Waals surface area contributed by atoms with Gasteiger partial charge in [-0.15, -0.1) is 0 Å². The molecule has 0 aromatic carbocycles. The fraction of sp³-hybridized carbons (Fsp3) is 1.00. The molecule has 0 aromatic rings. The predicted octanol–water partition coefficient (Wildman–Crippen LogP) is 1.97. The van der Waals surface area contributed by atoms with Gasteiger partial charge in [-0.3, -0.25) is 0 Å². The minimum Gasteiger partial charge on any atom is -0.402 e. The van der Waals surface area contributed by atoms with Crippen LogP contribution in [0.3, 0.4) is 0 Å². The van der Waals surface area contributed by atoms with Crippen LogP contribution in [0.5, 0.6) is 0 Å². The Morgan fingerprint density at radius 2 is 1.23 bits per heavy atom. The average molecular weight is 206 g/mol. The van der Waals surface area contributed by atoms with Gasteiger partial charge in [-0.2, -0.15) is 0 Å². The van der Waals surface area contributed by atoms with E-state index in [-0.39, 0.29) is 10.3 Å². The molecule has 0 aromatic heterocycles. The van der Waals surface area contributed by atoms with Gasteiger partial charge in [0.2, 0.25) is 0 Å². The van der Waals surface area contributed by atoms with Gasteiger partial charge in [-0.05, 0) is 0 Å². The van der Waals surface area contributed by atoms with Crippen molar-refractivity contribution in [2.45, 2.75) is 51.9 Å². The second kappa shape index (κ2) is 4.27. The lowest BCUT2D eigenvalue weighted by Crippen LogP contribution is -2.30. The van der Waals surface area contributed by atoms with Crippen LogP contribution in [0.4, 0.5) is 0 Å². The molecule has 0 spiro atoms. The number of hydrogen-bond acceptors (Lipinski definition) is 3. The summed E-state index contributed by atoms with van der Waals surface area (Å²) in [4.78, 5) is 0. The zero-order chi connectivity index (χ0) is 10.9. The van der Waals surface area contributed by atoms with Crippen molar-refractivity contribution in [2.24, 2.45) is 0 Å². The Balaban J connectivity index is 4.58. The summed E-state index contributed by atoms with van der Waals surface area (Å²) in [6, 6.07) is 0. The lowest BCUT2D eigenvalue weighted by molar-refractivity contribution is 0.292. The molecule has 0 heterocycles. The van der Waals surface area contributed by atoms with Crippen LogP contribution in [0, 0.1) is 0 Å². The van der Waals surface area contributed by atoms with Gasteiger partial charge in [0.15, 0.2) is 0 Å². The van der Waals surface area contributed by atoms with Crippen molar-refractivity contribution in [1.82, 2.24) is 0 Å². The van der Waals surface area contributed by atoms with Crippen molar-refractivity contribution >= 4 is 15.5 Å². The monoisotopic (exact) mass is 206 g/mol. The molecule has 0 amide bonds. The molecule has 5 heteroatoms. The van der Waals surface area contributed by atoms with Crippen molar-refractivity contribution in [2.75, 3.05) is 0 Å². The Hall–Kier alpha value is 0.375. The second-order valence-corrected chi connectivity index (χ2v) is 8.55. The number of rotatable bonds is 2. The first kappa shape index (κ1) is 13.4. The molecule has 0 aliphatic carbocycles. The highest BCUT2D eigenvalue weighted by Gasteiger charge is 2.38. The Bertz CT molecular complexity index is 146. The van der Waals surface area contributed by atoms with Gasteiger partial charge in [0.25, 0.3) is 0 Å². The van der Waals surface area contributed by atoms with Crippen LogP contribution in [0.1, 0.15) is 41.5 Å². The van der Waals surface area contributed by atoms with Crippen molar-refractivity contribution < 1.29 is 14.5 Å². The third kappa shape index (κ3) is 4.97. The molecule has 3 nitrogen and oxygen atoms in total. The summed E-state index contributed by atoms with van der Waals surface area (Å²) in [6.45, 7) is 12.3. The van der Waals surface area contributed by atoms with E-state index in [1.54, 1.807) is 0 Å². The molecule has 0 aliphatic rings. The molecule has 0 atom stereocenters. The maximum atomic E-state index is 8.80. The van der Waals surface area contributed by atoms with E-state index in [1.807, 2.05) is 41.5 Å². The molecule has 0 radical (unpaired) electrons. The fourth-order valence-electron chi connectivity index (χ4n) is 1.42. The van der Waals surface area contributed by atoms with Crippen molar-refractivity contribution in [3.63, 3.8) is 0 Å². The van der Waals surface area contributed by atoms with E-state index in [9.17, 15) is 0 Å². The van der Waals surface area contributed by atoms with E-state index in [2.05, 4.69) is 0 Å². The molecule has 2 N–H and O–H groups in total. The normalized spacial score (nSPS) is 13.6. The lowest BCUT2D eigenvalue weighted by atomic mass is 10.2. The van der Waals surface area contributed by atoms with Gasteiger partial charge in [-0.25, -0.2) is 0 Å². The zero-order valence-corrected chi connectivity index (χ0v) is 10.2. The summed E-state index contributed by atoms with van der Waals surface area (Å²) >= 11 is 0. The predicted molar refractivity (Wildman–Crippen MR) is 57.7 cm³/mol. The van der Waals surface area contributed by atoms with Gasteiger partial charge in [0.1, 0.15) is 0 Å². The van der Waals surface area contributed by atoms with E-state index < -0.39 is 15.5 Å². The van der Waals surface area contributed by atoms with Crippen LogP contribution in [-0.2, 0) is 4.44 Å². The molecule has 0 fully saturated rings. The van der Waals surface area contributed by atoms with Crippen molar-refractivity contribution in [3.8, 4) is 0 Å². The summed E-state index contributed by atoms with van der Waals surface area (Å²) in [6.07, 6.45) is 0. The Morgan fingerprint density at radius 3 is 1.31 bits per heavy atom. The first-order chi connectivity index (χ1) is 5.55. The third-order valence-electron chi connectivity index (χ3n) is 1.42. The van der Waals surface area contributed by atoms with Gasteiger partial charge in [0, 0.05) is 18.5 Å². The van der Waals surface area contributed by atoms with Gasteiger partial charge in [0.05, 0.1) is 0 Å². The lowest BCUT2D eigenvalue weighted by Gasteiger charge is -2.40. The third-order valence-corrected chi connectivity index (χ3v) is 4.25. The molecular weight excluding hydrogens is 186 g/mol. The molecule has 0 aliphatic heterocycles. The highest BCUT2D eigenvalue weighted by molar-refractivity contribution is 7.57. The smallest absolute Gasteiger partial charge is 0.402 e. The molecule has 0 saturated heterocycles. The molecule has 0 rings (SSSR count). The van der Waals surface area contributed by atoms with Crippen molar-refractivity contribution in [1.29, 1.82) is 0 Å². The summed E-state index contributed by atoms with van der Waals surface area (Å²) < 4.78 is 5.16. The maximum Gasteiger partial charge on any atom is 0.637 e. The quantitative estimate of drug-likeness (QED) is 0.536. The van der Waals surface area contributed by atoms with Crippen LogP contribution < -0.4 is 0 Å². The minimum atomic E-state index is -1.66. The van der Waals surface area contributed by atoms with Crippen LogP contribution in [-0.4, -0.2) is 27.7 Å². The largest absolute Gasteiger partial charge is 0.637 e. The fourth-order valence-corrected chi connectivity index (χ4v) is 4.25. The van der Waals surface area contributed by atoms with Gasteiger partial charge in [-0.1, -0.05) is 41.5 Å². The summed E-state index contributed by atoms with van der Waals surface area (Å²) in [5.41, 5.74) is 0. The highest BCUT2D eigenvalue weighted by atomic mass is 31.1. The van der Waals surface area contributed by atoms with E-state index >= 15 is 0 Å².